The SMILES string of the molecule is CC(=O)NC[C@H]1C[C@H]1Cc1cncc(OC[C@@H]2CCN2)c1. The third-order valence-electron chi connectivity index (χ3n) is 4.33. The third-order valence-corrected chi connectivity index (χ3v) is 4.33. The molecule has 3 atom stereocenters. The van der Waals surface area contributed by atoms with Crippen molar-refractivity contribution in [2.24, 2.45) is 11.8 Å². The highest BCUT2D eigenvalue weighted by Gasteiger charge is 2.36. The molecule has 2 N–H and O–H groups in total. The number of rotatable bonds is 7. The molecule has 21 heavy (non-hydrogen) atoms. The van der Waals surface area contributed by atoms with Gasteiger partial charge in [-0.1, -0.05) is 0 Å². The maximum Gasteiger partial charge on any atom is 0.216 e. The molecule has 1 saturated heterocycles. The van der Waals surface area contributed by atoms with Crippen LogP contribution >= 0.6 is 0 Å². The second kappa shape index (κ2) is 6.43. The minimum absolute atomic E-state index is 0.0577. The van der Waals surface area contributed by atoms with Crippen molar-refractivity contribution < 1.29 is 9.53 Å². The molecule has 0 aromatic carbocycles. The highest BCUT2D eigenvalue weighted by atomic mass is 16.5. The Morgan fingerprint density at radius 1 is 1.48 bits per heavy atom. The molecule has 1 aliphatic heterocycles. The Labute approximate surface area is 125 Å². The Hall–Kier alpha value is -1.62. The van der Waals surface area contributed by atoms with Crippen molar-refractivity contribution in [3.05, 3.63) is 24.0 Å². The molecule has 0 unspecified atom stereocenters. The summed E-state index contributed by atoms with van der Waals surface area (Å²) in [6, 6.07) is 2.60. The molecule has 0 bridgehead atoms. The van der Waals surface area contributed by atoms with Gasteiger partial charge in [-0.15, -0.1) is 0 Å². The molecular weight excluding hydrogens is 266 g/mol. The quantitative estimate of drug-likeness (QED) is 0.790. The summed E-state index contributed by atoms with van der Waals surface area (Å²) in [6.45, 7) is 4.19. The molecule has 2 fully saturated rings. The molecule has 2 heterocycles. The van der Waals surface area contributed by atoms with Gasteiger partial charge < -0.3 is 15.4 Å². The van der Waals surface area contributed by atoms with Gasteiger partial charge in [0.2, 0.25) is 5.91 Å². The molecule has 1 aliphatic carbocycles. The van der Waals surface area contributed by atoms with Crippen LogP contribution in [0.4, 0.5) is 0 Å². The zero-order valence-electron chi connectivity index (χ0n) is 12.5. The molecule has 1 aromatic rings. The van der Waals surface area contributed by atoms with Gasteiger partial charge >= 0.3 is 0 Å². The number of nitrogens with zero attached hydrogens (tertiary/aromatic N) is 1. The average Bonchev–Trinajstić information content (AvgIpc) is 3.13. The van der Waals surface area contributed by atoms with E-state index in [-0.39, 0.29) is 5.91 Å². The molecule has 1 saturated carbocycles. The number of pyridine rings is 1. The fourth-order valence-electron chi connectivity index (χ4n) is 2.73. The van der Waals surface area contributed by atoms with Gasteiger partial charge in [-0.25, -0.2) is 0 Å². The zero-order valence-corrected chi connectivity index (χ0v) is 12.5. The van der Waals surface area contributed by atoms with Crippen molar-refractivity contribution in [2.75, 3.05) is 19.7 Å². The molecular formula is C16H23N3O2. The van der Waals surface area contributed by atoms with Crippen LogP contribution in [0.1, 0.15) is 25.3 Å². The van der Waals surface area contributed by atoms with E-state index in [1.807, 2.05) is 6.20 Å². The first-order valence-electron chi connectivity index (χ1n) is 7.75. The Bertz CT molecular complexity index is 502. The van der Waals surface area contributed by atoms with E-state index in [9.17, 15) is 4.79 Å². The van der Waals surface area contributed by atoms with E-state index in [0.717, 1.165) is 31.9 Å². The predicted octanol–water partition coefficient (Wildman–Crippen LogP) is 1.14. The minimum Gasteiger partial charge on any atom is -0.490 e. The van der Waals surface area contributed by atoms with E-state index in [0.29, 0.717) is 17.9 Å². The van der Waals surface area contributed by atoms with Crippen LogP contribution in [0.3, 0.4) is 0 Å². The third kappa shape index (κ3) is 4.17. The largest absolute Gasteiger partial charge is 0.490 e. The lowest BCUT2D eigenvalue weighted by atomic mass is 10.1. The topological polar surface area (TPSA) is 63.2 Å². The average molecular weight is 289 g/mol. The van der Waals surface area contributed by atoms with Gasteiger partial charge in [-0.3, -0.25) is 9.78 Å². The second-order valence-corrected chi connectivity index (χ2v) is 6.18. The number of amides is 1. The molecule has 1 amide bonds. The van der Waals surface area contributed by atoms with Crippen molar-refractivity contribution >= 4 is 5.91 Å². The maximum absolute atomic E-state index is 10.9. The number of ether oxygens (including phenoxy) is 1. The highest BCUT2D eigenvalue weighted by molar-refractivity contribution is 5.72. The Balaban J connectivity index is 1.44. The van der Waals surface area contributed by atoms with E-state index in [2.05, 4.69) is 21.7 Å². The van der Waals surface area contributed by atoms with Crippen molar-refractivity contribution in [3.8, 4) is 5.75 Å². The van der Waals surface area contributed by atoms with E-state index in [1.165, 1.54) is 18.4 Å². The van der Waals surface area contributed by atoms with Crippen LogP contribution in [0.15, 0.2) is 18.5 Å². The lowest BCUT2D eigenvalue weighted by Crippen LogP contribution is -2.46. The molecule has 3 rings (SSSR count). The van der Waals surface area contributed by atoms with Crippen LogP contribution in [-0.2, 0) is 11.2 Å². The molecule has 114 valence electrons. The molecule has 0 spiro atoms. The first kappa shape index (κ1) is 14.3. The summed E-state index contributed by atoms with van der Waals surface area (Å²) < 4.78 is 5.78. The van der Waals surface area contributed by atoms with Crippen molar-refractivity contribution in [1.29, 1.82) is 0 Å². The molecule has 1 aromatic heterocycles. The first-order chi connectivity index (χ1) is 10.2. The van der Waals surface area contributed by atoms with Gasteiger partial charge in [0.1, 0.15) is 12.4 Å². The lowest BCUT2D eigenvalue weighted by molar-refractivity contribution is -0.119. The van der Waals surface area contributed by atoms with Crippen molar-refractivity contribution in [2.45, 2.75) is 32.2 Å². The molecule has 2 aliphatic rings. The number of carbonyl (C=O) groups is 1. The summed E-state index contributed by atoms with van der Waals surface area (Å²) in [5.41, 5.74) is 1.23. The molecule has 5 heteroatoms. The van der Waals surface area contributed by atoms with Gasteiger partial charge in [0.05, 0.1) is 6.20 Å². The van der Waals surface area contributed by atoms with Gasteiger partial charge in [0, 0.05) is 25.7 Å². The van der Waals surface area contributed by atoms with Gasteiger partial charge in [-0.05, 0) is 49.3 Å². The van der Waals surface area contributed by atoms with Crippen molar-refractivity contribution in [3.63, 3.8) is 0 Å². The molecule has 0 radical (unpaired) electrons. The molecule has 5 nitrogen and oxygen atoms in total. The summed E-state index contributed by atoms with van der Waals surface area (Å²) in [5, 5.41) is 6.22. The smallest absolute Gasteiger partial charge is 0.216 e. The van der Waals surface area contributed by atoms with E-state index < -0.39 is 0 Å². The standard InChI is InChI=1S/C16H23N3O2/c1-11(20)19-8-14-6-13(14)4-12-5-16(9-17-7-12)21-10-15-2-3-18-15/h5,7,9,13-15,18H,2-4,6,8,10H2,1H3,(H,19,20)/t13-,14-,15+/m1/s1. The number of carbonyl (C=O) groups excluding carboxylic acids is 1. The Morgan fingerprint density at radius 3 is 3.05 bits per heavy atom. The number of hydrogen-bond acceptors (Lipinski definition) is 4. The predicted molar refractivity (Wildman–Crippen MR) is 80.1 cm³/mol. The van der Waals surface area contributed by atoms with Crippen LogP contribution in [0.2, 0.25) is 0 Å². The van der Waals surface area contributed by atoms with Gasteiger partial charge in [-0.2, -0.15) is 0 Å². The summed E-state index contributed by atoms with van der Waals surface area (Å²) in [5.74, 6) is 2.21. The summed E-state index contributed by atoms with van der Waals surface area (Å²) >= 11 is 0. The Kier molecular flexibility index (Phi) is 4.39. The van der Waals surface area contributed by atoms with Gasteiger partial charge in [0.25, 0.3) is 0 Å². The first-order valence-corrected chi connectivity index (χ1v) is 7.75. The summed E-state index contributed by atoms with van der Waals surface area (Å²) in [6.07, 6.45) is 7.11. The van der Waals surface area contributed by atoms with Crippen LogP contribution in [0.5, 0.6) is 5.75 Å². The fraction of sp³-hybridized carbons (Fsp3) is 0.625. The van der Waals surface area contributed by atoms with E-state index in [1.54, 1.807) is 13.1 Å². The number of nitrogens with one attached hydrogen (secondary N) is 2. The zero-order chi connectivity index (χ0) is 14.7. The second-order valence-electron chi connectivity index (χ2n) is 6.18. The lowest BCUT2D eigenvalue weighted by Gasteiger charge is -2.27. The van der Waals surface area contributed by atoms with Crippen LogP contribution in [0, 0.1) is 11.8 Å². The monoisotopic (exact) mass is 289 g/mol. The highest BCUT2D eigenvalue weighted by Crippen LogP contribution is 2.40. The Morgan fingerprint density at radius 2 is 2.33 bits per heavy atom. The van der Waals surface area contributed by atoms with Crippen LogP contribution < -0.4 is 15.4 Å². The summed E-state index contributed by atoms with van der Waals surface area (Å²) in [4.78, 5) is 15.2. The number of hydrogen-bond donors (Lipinski definition) is 2. The fourth-order valence-corrected chi connectivity index (χ4v) is 2.73. The number of aromatic nitrogens is 1. The van der Waals surface area contributed by atoms with Crippen LogP contribution in [0.25, 0.3) is 0 Å². The van der Waals surface area contributed by atoms with Crippen LogP contribution in [-0.4, -0.2) is 36.6 Å². The van der Waals surface area contributed by atoms with Crippen molar-refractivity contribution in [1.82, 2.24) is 15.6 Å². The maximum atomic E-state index is 10.9. The van der Waals surface area contributed by atoms with E-state index >= 15 is 0 Å². The minimum atomic E-state index is 0.0577. The van der Waals surface area contributed by atoms with E-state index in [4.69, 9.17) is 4.74 Å². The van der Waals surface area contributed by atoms with Gasteiger partial charge in [0.15, 0.2) is 0 Å². The normalized spacial score (nSPS) is 26.8. The summed E-state index contributed by atoms with van der Waals surface area (Å²) in [7, 11) is 0.